The van der Waals surface area contributed by atoms with Crippen molar-refractivity contribution in [3.63, 3.8) is 0 Å². The second-order valence-electron chi connectivity index (χ2n) is 6.24. The van der Waals surface area contributed by atoms with Crippen molar-refractivity contribution < 1.29 is 8.42 Å². The molecular formula is C13H29N3O2S. The Kier molecular flexibility index (Phi) is 5.79. The highest BCUT2D eigenvalue weighted by molar-refractivity contribution is 7.89. The van der Waals surface area contributed by atoms with Gasteiger partial charge in [-0.1, -0.05) is 20.8 Å². The standard InChI is InChI=1S/C13H29N3O2S/c1-10(2)14-7-12(4)19(17,18)16-8-11(3)13(9-16)15(5)6/h10-14H,7-9H2,1-6H3. The van der Waals surface area contributed by atoms with Gasteiger partial charge in [0, 0.05) is 31.7 Å². The van der Waals surface area contributed by atoms with E-state index in [2.05, 4.69) is 17.1 Å². The first-order valence-corrected chi connectivity index (χ1v) is 8.55. The molecule has 0 amide bonds. The summed E-state index contributed by atoms with van der Waals surface area (Å²) in [5.41, 5.74) is 0. The Morgan fingerprint density at radius 2 is 1.84 bits per heavy atom. The van der Waals surface area contributed by atoms with Crippen LogP contribution in [0.2, 0.25) is 0 Å². The van der Waals surface area contributed by atoms with Gasteiger partial charge in [-0.05, 0) is 26.9 Å². The van der Waals surface area contributed by atoms with E-state index in [4.69, 9.17) is 0 Å². The Morgan fingerprint density at radius 3 is 2.26 bits per heavy atom. The lowest BCUT2D eigenvalue weighted by atomic mass is 10.1. The molecule has 19 heavy (non-hydrogen) atoms. The maximum atomic E-state index is 12.5. The number of rotatable bonds is 6. The Labute approximate surface area is 118 Å². The Hall–Kier alpha value is -0.170. The van der Waals surface area contributed by atoms with Crippen molar-refractivity contribution in [2.24, 2.45) is 5.92 Å². The van der Waals surface area contributed by atoms with Crippen LogP contribution in [-0.2, 0) is 10.0 Å². The minimum absolute atomic E-state index is 0.310. The summed E-state index contributed by atoms with van der Waals surface area (Å²) in [6, 6.07) is 0.629. The average molecular weight is 291 g/mol. The topological polar surface area (TPSA) is 52.7 Å². The maximum Gasteiger partial charge on any atom is 0.218 e. The van der Waals surface area contributed by atoms with Crippen molar-refractivity contribution in [1.82, 2.24) is 14.5 Å². The zero-order valence-electron chi connectivity index (χ0n) is 13.0. The van der Waals surface area contributed by atoms with E-state index in [1.54, 1.807) is 11.2 Å². The van der Waals surface area contributed by atoms with Crippen molar-refractivity contribution in [3.05, 3.63) is 0 Å². The molecule has 0 aromatic rings. The molecule has 1 heterocycles. The second kappa shape index (κ2) is 6.52. The highest BCUT2D eigenvalue weighted by atomic mass is 32.2. The van der Waals surface area contributed by atoms with Crippen molar-refractivity contribution in [3.8, 4) is 0 Å². The summed E-state index contributed by atoms with van der Waals surface area (Å²) in [6.45, 7) is 9.73. The third-order valence-electron chi connectivity index (χ3n) is 3.88. The van der Waals surface area contributed by atoms with E-state index < -0.39 is 10.0 Å². The SMILES string of the molecule is CC(C)NCC(C)S(=O)(=O)N1CC(C)C(N(C)C)C1. The van der Waals surface area contributed by atoms with Crippen LogP contribution in [0.5, 0.6) is 0 Å². The third kappa shape index (κ3) is 4.15. The highest BCUT2D eigenvalue weighted by Crippen LogP contribution is 2.24. The first-order valence-electron chi connectivity index (χ1n) is 7.05. The van der Waals surface area contributed by atoms with Gasteiger partial charge in [0.2, 0.25) is 10.0 Å². The van der Waals surface area contributed by atoms with Gasteiger partial charge in [0.25, 0.3) is 0 Å². The van der Waals surface area contributed by atoms with Gasteiger partial charge in [-0.2, -0.15) is 4.31 Å². The van der Waals surface area contributed by atoms with Crippen molar-refractivity contribution in [2.45, 2.75) is 45.0 Å². The van der Waals surface area contributed by atoms with Gasteiger partial charge in [-0.15, -0.1) is 0 Å². The van der Waals surface area contributed by atoms with E-state index in [-0.39, 0.29) is 5.25 Å². The maximum absolute atomic E-state index is 12.5. The van der Waals surface area contributed by atoms with E-state index in [0.717, 1.165) is 0 Å². The number of hydrogen-bond acceptors (Lipinski definition) is 4. The molecule has 5 nitrogen and oxygen atoms in total. The Morgan fingerprint density at radius 1 is 1.26 bits per heavy atom. The van der Waals surface area contributed by atoms with E-state index >= 15 is 0 Å². The smallest absolute Gasteiger partial charge is 0.218 e. The van der Waals surface area contributed by atoms with Gasteiger partial charge in [0.1, 0.15) is 0 Å². The zero-order chi connectivity index (χ0) is 14.8. The van der Waals surface area contributed by atoms with Crippen LogP contribution in [0, 0.1) is 5.92 Å². The van der Waals surface area contributed by atoms with Crippen LogP contribution in [0.25, 0.3) is 0 Å². The predicted molar refractivity (Wildman–Crippen MR) is 79.7 cm³/mol. The predicted octanol–water partition coefficient (Wildman–Crippen LogP) is 0.585. The van der Waals surface area contributed by atoms with Gasteiger partial charge in [-0.25, -0.2) is 8.42 Å². The Bertz CT molecular complexity index is 381. The lowest BCUT2D eigenvalue weighted by Crippen LogP contribution is -2.43. The molecule has 6 heteroatoms. The minimum Gasteiger partial charge on any atom is -0.313 e. The number of nitrogens with one attached hydrogen (secondary N) is 1. The van der Waals surface area contributed by atoms with Crippen LogP contribution in [-0.4, -0.2) is 68.7 Å². The summed E-state index contributed by atoms with van der Waals surface area (Å²) in [7, 11) is 0.840. The number of nitrogens with zero attached hydrogens (tertiary/aromatic N) is 2. The normalized spacial score (nSPS) is 27.4. The summed E-state index contributed by atoms with van der Waals surface area (Å²) in [4.78, 5) is 2.12. The molecule has 1 rings (SSSR count). The van der Waals surface area contributed by atoms with Crippen LogP contribution in [0.4, 0.5) is 0 Å². The monoisotopic (exact) mass is 291 g/mol. The number of sulfonamides is 1. The quantitative estimate of drug-likeness (QED) is 0.778. The van der Waals surface area contributed by atoms with Gasteiger partial charge in [0.15, 0.2) is 0 Å². The summed E-state index contributed by atoms with van der Waals surface area (Å²) < 4.78 is 26.7. The summed E-state index contributed by atoms with van der Waals surface area (Å²) in [5, 5.41) is 2.83. The van der Waals surface area contributed by atoms with Crippen LogP contribution in [0.1, 0.15) is 27.7 Å². The zero-order valence-corrected chi connectivity index (χ0v) is 13.9. The highest BCUT2D eigenvalue weighted by Gasteiger charge is 2.39. The molecule has 3 unspecified atom stereocenters. The average Bonchev–Trinajstić information content (AvgIpc) is 2.68. The fraction of sp³-hybridized carbons (Fsp3) is 1.00. The second-order valence-corrected chi connectivity index (χ2v) is 8.59. The molecule has 0 radical (unpaired) electrons. The molecule has 114 valence electrons. The van der Waals surface area contributed by atoms with Crippen LogP contribution >= 0.6 is 0 Å². The lowest BCUT2D eigenvalue weighted by Gasteiger charge is -2.24. The van der Waals surface area contributed by atoms with Crippen molar-refractivity contribution in [2.75, 3.05) is 33.7 Å². The van der Waals surface area contributed by atoms with Crippen molar-refractivity contribution in [1.29, 1.82) is 0 Å². The molecule has 3 atom stereocenters. The molecule has 1 aliphatic heterocycles. The molecule has 1 saturated heterocycles. The van der Waals surface area contributed by atoms with E-state index in [1.807, 2.05) is 27.9 Å². The molecule has 0 bridgehead atoms. The first-order chi connectivity index (χ1) is 8.66. The molecule has 0 aromatic carbocycles. The molecule has 0 aromatic heterocycles. The van der Waals surface area contributed by atoms with Gasteiger partial charge < -0.3 is 10.2 Å². The molecule has 1 fully saturated rings. The van der Waals surface area contributed by atoms with Gasteiger partial charge >= 0.3 is 0 Å². The first kappa shape index (κ1) is 16.9. The summed E-state index contributed by atoms with van der Waals surface area (Å²) in [6.07, 6.45) is 0. The minimum atomic E-state index is -3.19. The molecule has 1 aliphatic rings. The van der Waals surface area contributed by atoms with Gasteiger partial charge in [-0.3, -0.25) is 0 Å². The molecule has 0 aliphatic carbocycles. The van der Waals surface area contributed by atoms with E-state index in [1.165, 1.54) is 0 Å². The largest absolute Gasteiger partial charge is 0.313 e. The van der Waals surface area contributed by atoms with Crippen LogP contribution in [0.15, 0.2) is 0 Å². The third-order valence-corrected chi connectivity index (χ3v) is 6.09. The fourth-order valence-electron chi connectivity index (χ4n) is 2.55. The van der Waals surface area contributed by atoms with Crippen LogP contribution < -0.4 is 5.32 Å². The summed E-state index contributed by atoms with van der Waals surface area (Å²) >= 11 is 0. The summed E-state index contributed by atoms with van der Waals surface area (Å²) in [5.74, 6) is 0.384. The molecule has 0 saturated carbocycles. The lowest BCUT2D eigenvalue weighted by molar-refractivity contribution is 0.263. The fourth-order valence-corrected chi connectivity index (χ4v) is 4.17. The molecular weight excluding hydrogens is 262 g/mol. The molecule has 0 spiro atoms. The van der Waals surface area contributed by atoms with E-state index in [0.29, 0.717) is 37.6 Å². The van der Waals surface area contributed by atoms with Crippen molar-refractivity contribution >= 4 is 10.0 Å². The molecule has 1 N–H and O–H groups in total. The number of likely N-dealkylation sites (N-methyl/N-ethyl adjacent to an activating group) is 1. The van der Waals surface area contributed by atoms with E-state index in [9.17, 15) is 8.42 Å². The Balaban J connectivity index is 2.68. The van der Waals surface area contributed by atoms with Crippen LogP contribution in [0.3, 0.4) is 0 Å². The van der Waals surface area contributed by atoms with Gasteiger partial charge in [0.05, 0.1) is 5.25 Å². The number of hydrogen-bond donors (Lipinski definition) is 1.